The highest BCUT2D eigenvalue weighted by molar-refractivity contribution is 5.36. The smallest absolute Gasteiger partial charge is 0.123 e. The summed E-state index contributed by atoms with van der Waals surface area (Å²) in [5.74, 6) is 1.65. The SMILES string of the molecule is CC1Cc2ccccc2OC1(C)C. The van der Waals surface area contributed by atoms with Crippen LogP contribution in [0, 0.1) is 5.92 Å². The van der Waals surface area contributed by atoms with Crippen LogP contribution >= 0.6 is 0 Å². The molecule has 1 aromatic rings. The van der Waals surface area contributed by atoms with Crippen LogP contribution < -0.4 is 4.74 Å². The van der Waals surface area contributed by atoms with E-state index >= 15 is 0 Å². The lowest BCUT2D eigenvalue weighted by Crippen LogP contribution is -2.40. The van der Waals surface area contributed by atoms with Crippen LogP contribution in [0.1, 0.15) is 26.3 Å². The number of hydrogen-bond donors (Lipinski definition) is 0. The van der Waals surface area contributed by atoms with Crippen molar-refractivity contribution in [1.82, 2.24) is 0 Å². The number of para-hydroxylation sites is 1. The van der Waals surface area contributed by atoms with E-state index in [1.807, 2.05) is 6.07 Å². The maximum atomic E-state index is 5.93. The van der Waals surface area contributed by atoms with Crippen LogP contribution in [-0.4, -0.2) is 5.60 Å². The highest BCUT2D eigenvalue weighted by Gasteiger charge is 2.33. The molecule has 1 atom stereocenters. The van der Waals surface area contributed by atoms with Gasteiger partial charge in [-0.05, 0) is 37.8 Å². The molecule has 0 spiro atoms. The van der Waals surface area contributed by atoms with E-state index in [9.17, 15) is 0 Å². The van der Waals surface area contributed by atoms with Gasteiger partial charge in [0, 0.05) is 0 Å². The number of rotatable bonds is 0. The fraction of sp³-hybridized carbons (Fsp3) is 0.500. The molecule has 70 valence electrons. The molecule has 0 aliphatic carbocycles. The van der Waals surface area contributed by atoms with Gasteiger partial charge in [-0.25, -0.2) is 0 Å². The molecule has 0 saturated heterocycles. The second-order valence-electron chi connectivity index (χ2n) is 4.42. The molecule has 0 fully saturated rings. The second kappa shape index (κ2) is 2.76. The molecule has 0 amide bonds. The Hall–Kier alpha value is -0.980. The second-order valence-corrected chi connectivity index (χ2v) is 4.42. The molecule has 1 aromatic carbocycles. The van der Waals surface area contributed by atoms with Gasteiger partial charge in [-0.1, -0.05) is 25.1 Å². The third-order valence-corrected chi connectivity index (χ3v) is 3.06. The first-order chi connectivity index (χ1) is 6.09. The zero-order valence-electron chi connectivity index (χ0n) is 8.50. The van der Waals surface area contributed by atoms with Gasteiger partial charge in [0.15, 0.2) is 0 Å². The molecular formula is C12H16O. The summed E-state index contributed by atoms with van der Waals surface area (Å²) in [6, 6.07) is 8.32. The van der Waals surface area contributed by atoms with Gasteiger partial charge >= 0.3 is 0 Å². The standard InChI is InChI=1S/C12H16O/c1-9-8-10-6-4-5-7-11(10)13-12(9,2)3/h4-7,9H,8H2,1-3H3. The van der Waals surface area contributed by atoms with Gasteiger partial charge in [0.05, 0.1) is 0 Å². The summed E-state index contributed by atoms with van der Waals surface area (Å²) in [7, 11) is 0. The predicted octanol–water partition coefficient (Wildman–Crippen LogP) is 3.04. The minimum absolute atomic E-state index is 0.0195. The van der Waals surface area contributed by atoms with Crippen LogP contribution in [0.5, 0.6) is 5.75 Å². The van der Waals surface area contributed by atoms with Crippen LogP contribution in [0.2, 0.25) is 0 Å². The Morgan fingerprint density at radius 1 is 1.31 bits per heavy atom. The van der Waals surface area contributed by atoms with Crippen molar-refractivity contribution >= 4 is 0 Å². The largest absolute Gasteiger partial charge is 0.487 e. The summed E-state index contributed by atoms with van der Waals surface area (Å²) in [6.45, 7) is 6.57. The molecule has 1 heterocycles. The van der Waals surface area contributed by atoms with Crippen molar-refractivity contribution < 1.29 is 4.74 Å². The lowest BCUT2D eigenvalue weighted by atomic mass is 9.84. The summed E-state index contributed by atoms with van der Waals surface area (Å²) >= 11 is 0. The minimum atomic E-state index is -0.0195. The lowest BCUT2D eigenvalue weighted by molar-refractivity contribution is 0.0355. The van der Waals surface area contributed by atoms with Crippen molar-refractivity contribution in [2.24, 2.45) is 5.92 Å². The quantitative estimate of drug-likeness (QED) is 0.590. The Balaban J connectivity index is 2.39. The van der Waals surface area contributed by atoms with Gasteiger partial charge in [-0.2, -0.15) is 0 Å². The Morgan fingerprint density at radius 3 is 2.77 bits per heavy atom. The van der Waals surface area contributed by atoms with Crippen molar-refractivity contribution in [3.63, 3.8) is 0 Å². The third-order valence-electron chi connectivity index (χ3n) is 3.06. The molecule has 1 unspecified atom stereocenters. The van der Waals surface area contributed by atoms with E-state index in [1.165, 1.54) is 5.56 Å². The molecular weight excluding hydrogens is 160 g/mol. The summed E-state index contributed by atoms with van der Waals surface area (Å²) in [5, 5.41) is 0. The minimum Gasteiger partial charge on any atom is -0.487 e. The number of ether oxygens (including phenoxy) is 1. The van der Waals surface area contributed by atoms with E-state index in [4.69, 9.17) is 4.74 Å². The first kappa shape index (κ1) is 8.61. The van der Waals surface area contributed by atoms with E-state index in [0.29, 0.717) is 5.92 Å². The van der Waals surface area contributed by atoms with Gasteiger partial charge in [0.1, 0.15) is 11.4 Å². The molecule has 1 aliphatic rings. The van der Waals surface area contributed by atoms with Crippen molar-refractivity contribution in [2.75, 3.05) is 0 Å². The highest BCUT2D eigenvalue weighted by Crippen LogP contribution is 2.36. The summed E-state index contributed by atoms with van der Waals surface area (Å²) in [4.78, 5) is 0. The molecule has 2 rings (SSSR count). The van der Waals surface area contributed by atoms with E-state index in [2.05, 4.69) is 39.0 Å². The third kappa shape index (κ3) is 1.43. The highest BCUT2D eigenvalue weighted by atomic mass is 16.5. The first-order valence-electron chi connectivity index (χ1n) is 4.86. The van der Waals surface area contributed by atoms with Crippen molar-refractivity contribution in [1.29, 1.82) is 0 Å². The van der Waals surface area contributed by atoms with Crippen molar-refractivity contribution in [3.05, 3.63) is 29.8 Å². The fourth-order valence-electron chi connectivity index (χ4n) is 1.73. The topological polar surface area (TPSA) is 9.23 Å². The molecule has 0 saturated carbocycles. The maximum absolute atomic E-state index is 5.93. The molecule has 0 bridgehead atoms. The first-order valence-corrected chi connectivity index (χ1v) is 4.86. The number of hydrogen-bond acceptors (Lipinski definition) is 1. The summed E-state index contributed by atoms with van der Waals surface area (Å²) < 4.78 is 5.93. The Labute approximate surface area is 79.7 Å². The van der Waals surface area contributed by atoms with E-state index in [1.54, 1.807) is 0 Å². The summed E-state index contributed by atoms with van der Waals surface area (Å²) in [6.07, 6.45) is 1.13. The van der Waals surface area contributed by atoms with Gasteiger partial charge in [0.25, 0.3) is 0 Å². The zero-order chi connectivity index (χ0) is 9.47. The average Bonchev–Trinajstić information content (AvgIpc) is 2.06. The predicted molar refractivity (Wildman–Crippen MR) is 54.0 cm³/mol. The molecule has 0 radical (unpaired) electrons. The van der Waals surface area contributed by atoms with Gasteiger partial charge in [0.2, 0.25) is 0 Å². The van der Waals surface area contributed by atoms with Crippen molar-refractivity contribution in [2.45, 2.75) is 32.8 Å². The lowest BCUT2D eigenvalue weighted by Gasteiger charge is -2.38. The fourth-order valence-corrected chi connectivity index (χ4v) is 1.73. The van der Waals surface area contributed by atoms with Crippen LogP contribution in [0.4, 0.5) is 0 Å². The molecule has 0 aromatic heterocycles. The van der Waals surface area contributed by atoms with Gasteiger partial charge in [-0.3, -0.25) is 0 Å². The van der Waals surface area contributed by atoms with Crippen LogP contribution in [0.15, 0.2) is 24.3 Å². The average molecular weight is 176 g/mol. The normalized spacial score (nSPS) is 24.7. The molecule has 1 aliphatic heterocycles. The summed E-state index contributed by atoms with van der Waals surface area (Å²) in [5.41, 5.74) is 1.32. The number of benzene rings is 1. The van der Waals surface area contributed by atoms with E-state index in [-0.39, 0.29) is 5.60 Å². The molecule has 0 N–H and O–H groups in total. The van der Waals surface area contributed by atoms with Crippen LogP contribution in [-0.2, 0) is 6.42 Å². The van der Waals surface area contributed by atoms with E-state index in [0.717, 1.165) is 12.2 Å². The van der Waals surface area contributed by atoms with Crippen molar-refractivity contribution in [3.8, 4) is 5.75 Å². The molecule has 13 heavy (non-hydrogen) atoms. The monoisotopic (exact) mass is 176 g/mol. The Kier molecular flexibility index (Phi) is 1.83. The van der Waals surface area contributed by atoms with Gasteiger partial charge in [-0.15, -0.1) is 0 Å². The van der Waals surface area contributed by atoms with E-state index < -0.39 is 0 Å². The Morgan fingerprint density at radius 2 is 2.00 bits per heavy atom. The maximum Gasteiger partial charge on any atom is 0.123 e. The molecule has 1 heteroatoms. The zero-order valence-corrected chi connectivity index (χ0v) is 8.50. The van der Waals surface area contributed by atoms with Gasteiger partial charge < -0.3 is 4.74 Å². The van der Waals surface area contributed by atoms with Crippen LogP contribution in [0.3, 0.4) is 0 Å². The molecule has 1 nitrogen and oxygen atoms in total. The van der Waals surface area contributed by atoms with Crippen LogP contribution in [0.25, 0.3) is 0 Å². The Bertz CT molecular complexity index is 315. The number of fused-ring (bicyclic) bond motifs is 1.